The predicted molar refractivity (Wildman–Crippen MR) is 108 cm³/mol. The molecule has 0 aliphatic carbocycles. The molecular weight excluding hydrogens is 344 g/mol. The van der Waals surface area contributed by atoms with Crippen molar-refractivity contribution >= 4 is 23.1 Å². The third-order valence-corrected chi connectivity index (χ3v) is 4.07. The molecular formula is C21H34N2O4. The van der Waals surface area contributed by atoms with E-state index in [0.29, 0.717) is 25.9 Å². The maximum Gasteiger partial charge on any atom is 0.162 e. The molecule has 0 atom stereocenters. The second-order valence-corrected chi connectivity index (χ2v) is 6.54. The number of nitrogens with one attached hydrogen (secondary N) is 2. The standard InChI is InChI=1S/C21H34N2O4/c1-3-18(24)16-20(26)10-14-22-12-8-6-5-7-9-13-23-15-11-21(27)17-19(25)4-2/h3-4,22-23H,1-2,5-17H2. The van der Waals surface area contributed by atoms with E-state index in [1.54, 1.807) is 0 Å². The second kappa shape index (κ2) is 17.5. The SMILES string of the molecule is C=CC(=O)CC(=O)CCNCCCCCCCNCCC(=O)CC(=O)C=C. The lowest BCUT2D eigenvalue weighted by Gasteiger charge is -2.05. The zero-order chi connectivity index (χ0) is 20.3. The molecule has 2 N–H and O–H groups in total. The van der Waals surface area contributed by atoms with Gasteiger partial charge in [0.05, 0.1) is 12.8 Å². The van der Waals surface area contributed by atoms with Crippen molar-refractivity contribution in [2.75, 3.05) is 26.2 Å². The van der Waals surface area contributed by atoms with Crippen molar-refractivity contribution in [3.8, 4) is 0 Å². The predicted octanol–water partition coefficient (Wildman–Crippen LogP) is 2.32. The Bertz CT molecular complexity index is 456. The Labute approximate surface area is 162 Å². The van der Waals surface area contributed by atoms with Crippen molar-refractivity contribution in [3.05, 3.63) is 25.3 Å². The summed E-state index contributed by atoms with van der Waals surface area (Å²) in [4.78, 5) is 44.9. The van der Waals surface area contributed by atoms with Gasteiger partial charge in [0.25, 0.3) is 0 Å². The van der Waals surface area contributed by atoms with Crippen LogP contribution in [0.3, 0.4) is 0 Å². The van der Waals surface area contributed by atoms with Gasteiger partial charge in [0.1, 0.15) is 11.6 Å². The lowest BCUT2D eigenvalue weighted by Crippen LogP contribution is -2.20. The first kappa shape index (κ1) is 25.1. The number of allylic oxidation sites excluding steroid dienone is 2. The third kappa shape index (κ3) is 17.3. The van der Waals surface area contributed by atoms with Crippen LogP contribution in [-0.4, -0.2) is 49.3 Å². The fraction of sp³-hybridized carbons (Fsp3) is 0.619. The highest BCUT2D eigenvalue weighted by Crippen LogP contribution is 2.02. The molecule has 0 unspecified atom stereocenters. The number of carbonyl (C=O) groups is 4. The Balaban J connectivity index is 3.29. The van der Waals surface area contributed by atoms with E-state index in [-0.39, 0.29) is 36.0 Å². The molecule has 6 heteroatoms. The van der Waals surface area contributed by atoms with E-state index >= 15 is 0 Å². The first-order valence-electron chi connectivity index (χ1n) is 9.75. The minimum Gasteiger partial charge on any atom is -0.316 e. The van der Waals surface area contributed by atoms with Gasteiger partial charge in [0.2, 0.25) is 0 Å². The van der Waals surface area contributed by atoms with Crippen LogP contribution >= 0.6 is 0 Å². The maximum atomic E-state index is 11.4. The molecule has 0 aliphatic heterocycles. The Morgan fingerprint density at radius 1 is 0.593 bits per heavy atom. The van der Waals surface area contributed by atoms with Crippen LogP contribution in [0.4, 0.5) is 0 Å². The number of unbranched alkanes of at least 4 members (excludes halogenated alkanes) is 4. The molecule has 0 aliphatic rings. The van der Waals surface area contributed by atoms with Gasteiger partial charge in [-0.1, -0.05) is 32.4 Å². The van der Waals surface area contributed by atoms with Crippen molar-refractivity contribution in [1.82, 2.24) is 10.6 Å². The van der Waals surface area contributed by atoms with Gasteiger partial charge in [-0.2, -0.15) is 0 Å². The Morgan fingerprint density at radius 3 is 1.33 bits per heavy atom. The summed E-state index contributed by atoms with van der Waals surface area (Å²) in [6.07, 6.45) is 8.63. The normalized spacial score (nSPS) is 10.4. The highest BCUT2D eigenvalue weighted by molar-refractivity contribution is 6.04. The van der Waals surface area contributed by atoms with Gasteiger partial charge in [0, 0.05) is 25.9 Å². The molecule has 0 saturated carbocycles. The van der Waals surface area contributed by atoms with E-state index < -0.39 is 0 Å². The number of hydrogen-bond acceptors (Lipinski definition) is 6. The Kier molecular flexibility index (Phi) is 16.2. The lowest BCUT2D eigenvalue weighted by atomic mass is 10.1. The van der Waals surface area contributed by atoms with E-state index in [4.69, 9.17) is 0 Å². The van der Waals surface area contributed by atoms with Crippen LogP contribution in [0.2, 0.25) is 0 Å². The molecule has 27 heavy (non-hydrogen) atoms. The molecule has 0 bridgehead atoms. The molecule has 6 nitrogen and oxygen atoms in total. The topological polar surface area (TPSA) is 92.3 Å². The summed E-state index contributed by atoms with van der Waals surface area (Å²) in [6, 6.07) is 0. The van der Waals surface area contributed by atoms with E-state index in [9.17, 15) is 19.2 Å². The molecule has 0 fully saturated rings. The van der Waals surface area contributed by atoms with Gasteiger partial charge in [0.15, 0.2) is 11.6 Å². The number of hydrogen-bond donors (Lipinski definition) is 2. The Morgan fingerprint density at radius 2 is 0.963 bits per heavy atom. The van der Waals surface area contributed by atoms with E-state index in [2.05, 4.69) is 23.8 Å². The minimum atomic E-state index is -0.219. The first-order chi connectivity index (χ1) is 13.0. The van der Waals surface area contributed by atoms with Gasteiger partial charge < -0.3 is 10.6 Å². The molecule has 0 rings (SSSR count). The summed E-state index contributed by atoms with van der Waals surface area (Å²) < 4.78 is 0. The van der Waals surface area contributed by atoms with E-state index in [1.165, 1.54) is 12.2 Å². The van der Waals surface area contributed by atoms with Crippen LogP contribution in [0.5, 0.6) is 0 Å². The average Bonchev–Trinajstić information content (AvgIpc) is 2.65. The van der Waals surface area contributed by atoms with Gasteiger partial charge >= 0.3 is 0 Å². The number of rotatable bonds is 20. The molecule has 0 saturated heterocycles. The summed E-state index contributed by atoms with van der Waals surface area (Å²) in [7, 11) is 0. The molecule has 0 aromatic rings. The molecule has 0 radical (unpaired) electrons. The largest absolute Gasteiger partial charge is 0.316 e. The lowest BCUT2D eigenvalue weighted by molar-refractivity contribution is -0.126. The van der Waals surface area contributed by atoms with Gasteiger partial charge in [-0.25, -0.2) is 0 Å². The average molecular weight is 379 g/mol. The van der Waals surface area contributed by atoms with Crippen molar-refractivity contribution in [3.63, 3.8) is 0 Å². The quantitative estimate of drug-likeness (QED) is 0.192. The number of carbonyl (C=O) groups excluding carboxylic acids is 4. The monoisotopic (exact) mass is 378 g/mol. The van der Waals surface area contributed by atoms with Crippen molar-refractivity contribution in [2.24, 2.45) is 0 Å². The van der Waals surface area contributed by atoms with Crippen LogP contribution in [0.1, 0.15) is 57.8 Å². The summed E-state index contributed by atoms with van der Waals surface area (Å²) in [6.45, 7) is 9.69. The third-order valence-electron chi connectivity index (χ3n) is 4.07. The molecule has 0 aromatic heterocycles. The summed E-state index contributed by atoms with van der Waals surface area (Å²) in [5, 5.41) is 6.44. The molecule has 0 heterocycles. The van der Waals surface area contributed by atoms with Gasteiger partial charge in [-0.05, 0) is 38.1 Å². The first-order valence-corrected chi connectivity index (χ1v) is 9.75. The van der Waals surface area contributed by atoms with E-state index in [0.717, 1.165) is 45.2 Å². The maximum absolute atomic E-state index is 11.4. The van der Waals surface area contributed by atoms with Crippen LogP contribution in [0, 0.1) is 0 Å². The second-order valence-electron chi connectivity index (χ2n) is 6.54. The van der Waals surface area contributed by atoms with Crippen LogP contribution in [0.25, 0.3) is 0 Å². The fourth-order valence-corrected chi connectivity index (χ4v) is 2.45. The zero-order valence-electron chi connectivity index (χ0n) is 16.4. The Hall–Kier alpha value is -1.92. The van der Waals surface area contributed by atoms with Crippen molar-refractivity contribution in [2.45, 2.75) is 57.8 Å². The minimum absolute atomic E-state index is 0.0413. The van der Waals surface area contributed by atoms with Crippen LogP contribution in [0.15, 0.2) is 25.3 Å². The van der Waals surface area contributed by atoms with Crippen molar-refractivity contribution in [1.29, 1.82) is 0 Å². The van der Waals surface area contributed by atoms with Crippen LogP contribution < -0.4 is 10.6 Å². The summed E-state index contributed by atoms with van der Waals surface area (Å²) >= 11 is 0. The van der Waals surface area contributed by atoms with Crippen LogP contribution in [-0.2, 0) is 19.2 Å². The van der Waals surface area contributed by atoms with Gasteiger partial charge in [-0.15, -0.1) is 0 Å². The fourth-order valence-electron chi connectivity index (χ4n) is 2.45. The number of Topliss-reactive ketones (excluding diaryl/α,β-unsaturated/α-hetero) is 2. The highest BCUT2D eigenvalue weighted by Gasteiger charge is 2.06. The smallest absolute Gasteiger partial charge is 0.162 e. The van der Waals surface area contributed by atoms with Crippen molar-refractivity contribution < 1.29 is 19.2 Å². The number of ketones is 4. The summed E-state index contributed by atoms with van der Waals surface area (Å²) in [5.74, 6) is -0.532. The molecule has 0 amide bonds. The zero-order valence-corrected chi connectivity index (χ0v) is 16.4. The van der Waals surface area contributed by atoms with E-state index in [1.807, 2.05) is 0 Å². The van der Waals surface area contributed by atoms with Gasteiger partial charge in [-0.3, -0.25) is 19.2 Å². The highest BCUT2D eigenvalue weighted by atomic mass is 16.2. The summed E-state index contributed by atoms with van der Waals surface area (Å²) in [5.41, 5.74) is 0. The molecule has 152 valence electrons. The molecule has 0 spiro atoms. The molecule has 0 aromatic carbocycles.